The number of para-hydroxylation sites is 1. The van der Waals surface area contributed by atoms with Crippen LogP contribution in [0, 0.1) is 0 Å². The number of primary amides is 1. The molecule has 6 N–H and O–H groups in total. The predicted molar refractivity (Wildman–Crippen MR) is 67.7 cm³/mol. The van der Waals surface area contributed by atoms with E-state index in [1.807, 2.05) is 0 Å². The highest BCUT2D eigenvalue weighted by molar-refractivity contribution is 7.90. The van der Waals surface area contributed by atoms with Crippen LogP contribution in [0.5, 0.6) is 0 Å². The minimum absolute atomic E-state index is 0.0129. The Bertz CT molecular complexity index is 556. The fourth-order valence-corrected chi connectivity index (χ4v) is 2.16. The largest absolute Gasteiger partial charge is 0.396 e. The summed E-state index contributed by atoms with van der Waals surface area (Å²) in [5.74, 6) is -0.875. The number of hydrogen-bond donors (Lipinski definition) is 4. The number of amides is 1. The molecule has 0 radical (unpaired) electrons. The molecule has 0 saturated heterocycles. The summed E-state index contributed by atoms with van der Waals surface area (Å²) >= 11 is 0. The van der Waals surface area contributed by atoms with E-state index < -0.39 is 21.8 Å². The van der Waals surface area contributed by atoms with Gasteiger partial charge in [-0.1, -0.05) is 6.07 Å². The molecule has 1 amide bonds. The van der Waals surface area contributed by atoms with Crippen LogP contribution < -0.4 is 16.8 Å². The van der Waals surface area contributed by atoms with Gasteiger partial charge in [0.1, 0.15) is 6.10 Å². The summed E-state index contributed by atoms with van der Waals surface area (Å²) in [5.41, 5.74) is 10.9. The van der Waals surface area contributed by atoms with Crippen molar-refractivity contribution in [1.29, 1.82) is 0 Å². The molecule has 1 aromatic rings. The van der Waals surface area contributed by atoms with Gasteiger partial charge in [-0.15, -0.1) is 0 Å². The van der Waals surface area contributed by atoms with E-state index in [-0.39, 0.29) is 17.1 Å². The topological polar surface area (TPSA) is 136 Å². The SMILES string of the molecule is CS(=O)(=O)c1cccc(NCC(O)C(N)=O)c1N. The molecule has 0 spiro atoms. The second-order valence-corrected chi connectivity index (χ2v) is 5.77. The monoisotopic (exact) mass is 273 g/mol. The number of aliphatic hydroxyl groups is 1. The van der Waals surface area contributed by atoms with E-state index in [0.29, 0.717) is 5.69 Å². The zero-order valence-corrected chi connectivity index (χ0v) is 10.6. The van der Waals surface area contributed by atoms with Gasteiger partial charge >= 0.3 is 0 Å². The molecule has 8 heteroatoms. The van der Waals surface area contributed by atoms with Crippen molar-refractivity contribution in [3.8, 4) is 0 Å². The van der Waals surface area contributed by atoms with E-state index in [2.05, 4.69) is 5.32 Å². The van der Waals surface area contributed by atoms with E-state index in [4.69, 9.17) is 11.5 Å². The number of nitrogens with two attached hydrogens (primary N) is 2. The quantitative estimate of drug-likeness (QED) is 0.504. The molecule has 1 atom stereocenters. The third-order valence-corrected chi connectivity index (χ3v) is 3.43. The molecule has 0 aliphatic heterocycles. The number of carbonyl (C=O) groups is 1. The van der Waals surface area contributed by atoms with Crippen molar-refractivity contribution < 1.29 is 18.3 Å². The maximum atomic E-state index is 11.4. The molecule has 18 heavy (non-hydrogen) atoms. The van der Waals surface area contributed by atoms with Crippen LogP contribution in [0.4, 0.5) is 11.4 Å². The van der Waals surface area contributed by atoms with Gasteiger partial charge in [-0.2, -0.15) is 0 Å². The van der Waals surface area contributed by atoms with Gasteiger partial charge in [0, 0.05) is 12.8 Å². The Morgan fingerprint density at radius 1 is 1.50 bits per heavy atom. The number of aliphatic hydroxyl groups excluding tert-OH is 1. The lowest BCUT2D eigenvalue weighted by Gasteiger charge is -2.13. The molecule has 7 nitrogen and oxygen atoms in total. The van der Waals surface area contributed by atoms with Crippen LogP contribution in [0.1, 0.15) is 0 Å². The first-order valence-corrected chi connectivity index (χ1v) is 6.92. The van der Waals surface area contributed by atoms with Crippen LogP contribution >= 0.6 is 0 Å². The van der Waals surface area contributed by atoms with Crippen molar-refractivity contribution in [2.24, 2.45) is 5.73 Å². The summed E-state index contributed by atoms with van der Waals surface area (Å²) in [6.07, 6.45) is -0.327. The van der Waals surface area contributed by atoms with Gasteiger partial charge < -0.3 is 21.9 Å². The highest BCUT2D eigenvalue weighted by atomic mass is 32.2. The molecule has 0 bridgehead atoms. The highest BCUT2D eigenvalue weighted by Crippen LogP contribution is 2.26. The summed E-state index contributed by atoms with van der Waals surface area (Å²) in [6.45, 7) is -0.146. The molecule has 1 rings (SSSR count). The van der Waals surface area contributed by atoms with Gasteiger partial charge in [-0.3, -0.25) is 4.79 Å². The van der Waals surface area contributed by atoms with Gasteiger partial charge in [0.25, 0.3) is 0 Å². The van der Waals surface area contributed by atoms with Crippen molar-refractivity contribution in [2.45, 2.75) is 11.0 Å². The van der Waals surface area contributed by atoms with Gasteiger partial charge in [-0.05, 0) is 12.1 Å². The molecule has 0 fully saturated rings. The summed E-state index contributed by atoms with van der Waals surface area (Å²) < 4.78 is 22.8. The fraction of sp³-hybridized carbons (Fsp3) is 0.300. The third-order valence-electron chi connectivity index (χ3n) is 2.28. The summed E-state index contributed by atoms with van der Waals surface area (Å²) in [4.78, 5) is 10.6. The fourth-order valence-electron chi connectivity index (χ4n) is 1.33. The minimum Gasteiger partial charge on any atom is -0.396 e. The number of benzene rings is 1. The lowest BCUT2D eigenvalue weighted by Crippen LogP contribution is -2.34. The standard InChI is InChI=1S/C10H15N3O4S/c1-18(16,17)8-4-2-3-6(9(8)11)13-5-7(14)10(12)15/h2-4,7,13-14H,5,11H2,1H3,(H2,12,15). The molecule has 1 aromatic carbocycles. The molecular weight excluding hydrogens is 258 g/mol. The number of nitrogen functional groups attached to an aromatic ring is 1. The average Bonchev–Trinajstić information content (AvgIpc) is 2.25. The van der Waals surface area contributed by atoms with Crippen LogP contribution in [0.25, 0.3) is 0 Å². The van der Waals surface area contributed by atoms with E-state index in [1.165, 1.54) is 18.2 Å². The Balaban J connectivity index is 2.95. The molecule has 1 unspecified atom stereocenters. The number of sulfone groups is 1. The molecule has 0 aliphatic carbocycles. The van der Waals surface area contributed by atoms with Crippen molar-refractivity contribution in [1.82, 2.24) is 0 Å². The molecular formula is C10H15N3O4S. The van der Waals surface area contributed by atoms with E-state index >= 15 is 0 Å². The molecule has 0 heterocycles. The smallest absolute Gasteiger partial charge is 0.248 e. The van der Waals surface area contributed by atoms with Crippen molar-refractivity contribution in [3.05, 3.63) is 18.2 Å². The first-order chi connectivity index (χ1) is 8.23. The average molecular weight is 273 g/mol. The predicted octanol–water partition coefficient (Wildman–Crippen LogP) is -1.07. The minimum atomic E-state index is -3.43. The summed E-state index contributed by atoms with van der Waals surface area (Å²) in [5, 5.41) is 11.9. The van der Waals surface area contributed by atoms with Gasteiger partial charge in [0.2, 0.25) is 5.91 Å². The van der Waals surface area contributed by atoms with Crippen molar-refractivity contribution in [3.63, 3.8) is 0 Å². The Labute approximate surface area is 105 Å². The zero-order valence-electron chi connectivity index (χ0n) is 9.75. The van der Waals surface area contributed by atoms with Crippen LogP contribution in [0.2, 0.25) is 0 Å². The number of hydrogen-bond acceptors (Lipinski definition) is 6. The second-order valence-electron chi connectivity index (χ2n) is 3.79. The summed E-state index contributed by atoms with van der Waals surface area (Å²) in [6, 6.07) is 4.42. The Kier molecular flexibility index (Phi) is 4.15. The van der Waals surface area contributed by atoms with Crippen LogP contribution in [-0.4, -0.2) is 38.3 Å². The Morgan fingerprint density at radius 3 is 2.61 bits per heavy atom. The molecule has 0 aromatic heterocycles. The second kappa shape index (κ2) is 5.23. The van der Waals surface area contributed by atoms with Crippen molar-refractivity contribution in [2.75, 3.05) is 23.9 Å². The van der Waals surface area contributed by atoms with Crippen LogP contribution in [-0.2, 0) is 14.6 Å². The van der Waals surface area contributed by atoms with E-state index in [0.717, 1.165) is 6.26 Å². The molecule has 0 aliphatic rings. The number of rotatable bonds is 5. The first-order valence-electron chi connectivity index (χ1n) is 5.03. The summed E-state index contributed by atoms with van der Waals surface area (Å²) in [7, 11) is -3.43. The molecule has 0 saturated carbocycles. The van der Waals surface area contributed by atoms with Crippen molar-refractivity contribution >= 4 is 27.1 Å². The number of carbonyl (C=O) groups excluding carboxylic acids is 1. The van der Waals surface area contributed by atoms with E-state index in [9.17, 15) is 18.3 Å². The zero-order chi connectivity index (χ0) is 13.9. The van der Waals surface area contributed by atoms with Crippen LogP contribution in [0.15, 0.2) is 23.1 Å². The molecule has 100 valence electrons. The highest BCUT2D eigenvalue weighted by Gasteiger charge is 2.15. The maximum Gasteiger partial charge on any atom is 0.248 e. The number of nitrogens with one attached hydrogen (secondary N) is 1. The lowest BCUT2D eigenvalue weighted by atomic mass is 10.2. The first kappa shape index (κ1) is 14.3. The van der Waals surface area contributed by atoms with Crippen LogP contribution in [0.3, 0.4) is 0 Å². The van der Waals surface area contributed by atoms with Gasteiger partial charge in [0.15, 0.2) is 9.84 Å². The third kappa shape index (κ3) is 3.34. The van der Waals surface area contributed by atoms with E-state index in [1.54, 1.807) is 0 Å². The van der Waals surface area contributed by atoms with Gasteiger partial charge in [-0.25, -0.2) is 8.42 Å². The number of anilines is 2. The van der Waals surface area contributed by atoms with Gasteiger partial charge in [0.05, 0.1) is 16.3 Å². The Morgan fingerprint density at radius 2 is 2.11 bits per heavy atom. The maximum absolute atomic E-state index is 11.4. The lowest BCUT2D eigenvalue weighted by molar-refractivity contribution is -0.125. The Hall–Kier alpha value is -1.80. The normalized spacial score (nSPS) is 13.0.